The maximum atomic E-state index is 12.1. The Morgan fingerprint density at radius 1 is 1.33 bits per heavy atom. The van der Waals surface area contributed by atoms with E-state index in [-0.39, 0.29) is 9.92 Å². The van der Waals surface area contributed by atoms with E-state index in [2.05, 4.69) is 14.8 Å². The Hall–Kier alpha value is -1.29. The van der Waals surface area contributed by atoms with Crippen molar-refractivity contribution in [1.82, 2.24) is 10.0 Å². The third kappa shape index (κ3) is 6.31. The molecule has 0 fully saturated rings. The number of rotatable bonds is 9. The maximum absolute atomic E-state index is 12.1. The van der Waals surface area contributed by atoms with Gasteiger partial charge in [0.05, 0.1) is 18.7 Å². The number of sulfonamides is 1. The van der Waals surface area contributed by atoms with Crippen LogP contribution in [0.4, 0.5) is 0 Å². The zero-order valence-corrected chi connectivity index (χ0v) is 15.6. The van der Waals surface area contributed by atoms with Crippen molar-refractivity contribution in [2.24, 2.45) is 0 Å². The standard InChI is InChI=1S/C14H19ClN2O5S2/c1-22-14(19)11(7-8-23-2)17-13(18)9-16-24(20,21)12-6-4-3-5-10(12)15/h3-6,11,16H,7-9H2,1-2H3,(H,17,18)/t11-/m0/s1. The number of thioether (sulfide) groups is 1. The summed E-state index contributed by atoms with van der Waals surface area (Å²) in [4.78, 5) is 23.4. The van der Waals surface area contributed by atoms with E-state index >= 15 is 0 Å². The average Bonchev–Trinajstić information content (AvgIpc) is 2.56. The van der Waals surface area contributed by atoms with E-state index in [0.29, 0.717) is 12.2 Å². The molecule has 0 radical (unpaired) electrons. The van der Waals surface area contributed by atoms with Crippen LogP contribution in [0.2, 0.25) is 5.02 Å². The lowest BCUT2D eigenvalue weighted by Crippen LogP contribution is -2.46. The van der Waals surface area contributed by atoms with Crippen molar-refractivity contribution in [3.63, 3.8) is 0 Å². The second kappa shape index (κ2) is 9.87. The minimum Gasteiger partial charge on any atom is -0.467 e. The summed E-state index contributed by atoms with van der Waals surface area (Å²) in [6.45, 7) is -0.514. The van der Waals surface area contributed by atoms with Crippen molar-refractivity contribution >= 4 is 45.3 Å². The molecule has 134 valence electrons. The molecule has 10 heteroatoms. The van der Waals surface area contributed by atoms with Gasteiger partial charge < -0.3 is 10.1 Å². The molecule has 1 amide bonds. The Kier molecular flexibility index (Phi) is 8.54. The molecule has 2 N–H and O–H groups in total. The molecular formula is C14H19ClN2O5S2. The van der Waals surface area contributed by atoms with Gasteiger partial charge in [0.2, 0.25) is 15.9 Å². The monoisotopic (exact) mass is 394 g/mol. The molecule has 0 saturated heterocycles. The summed E-state index contributed by atoms with van der Waals surface area (Å²) in [6, 6.07) is 5.07. The Balaban J connectivity index is 2.67. The first-order chi connectivity index (χ1) is 11.3. The lowest BCUT2D eigenvalue weighted by molar-refractivity contribution is -0.145. The number of esters is 1. The topological polar surface area (TPSA) is 102 Å². The summed E-state index contributed by atoms with van der Waals surface area (Å²) in [7, 11) is -2.70. The Bertz CT molecular complexity index is 681. The highest BCUT2D eigenvalue weighted by molar-refractivity contribution is 7.98. The molecule has 0 bridgehead atoms. The number of benzene rings is 1. The predicted octanol–water partition coefficient (Wildman–Crippen LogP) is 1.03. The first kappa shape index (κ1) is 20.8. The lowest BCUT2D eigenvalue weighted by Gasteiger charge is -2.16. The quantitative estimate of drug-likeness (QED) is 0.606. The van der Waals surface area contributed by atoms with Gasteiger partial charge >= 0.3 is 5.97 Å². The van der Waals surface area contributed by atoms with Crippen LogP contribution in [0.1, 0.15) is 6.42 Å². The van der Waals surface area contributed by atoms with Crippen molar-refractivity contribution in [1.29, 1.82) is 0 Å². The van der Waals surface area contributed by atoms with E-state index in [0.717, 1.165) is 0 Å². The first-order valence-corrected chi connectivity index (χ1v) is 10.2. The number of methoxy groups -OCH3 is 1. The van der Waals surface area contributed by atoms with E-state index in [1.54, 1.807) is 6.07 Å². The highest BCUT2D eigenvalue weighted by Crippen LogP contribution is 2.19. The molecular weight excluding hydrogens is 376 g/mol. The number of amides is 1. The summed E-state index contributed by atoms with van der Waals surface area (Å²) in [5.74, 6) is -0.570. The predicted molar refractivity (Wildman–Crippen MR) is 93.6 cm³/mol. The van der Waals surface area contributed by atoms with Crippen LogP contribution in [0.5, 0.6) is 0 Å². The Labute approximate surface area is 150 Å². The molecule has 0 unspecified atom stereocenters. The van der Waals surface area contributed by atoms with Crippen molar-refractivity contribution in [3.8, 4) is 0 Å². The molecule has 1 atom stereocenters. The van der Waals surface area contributed by atoms with Crippen molar-refractivity contribution in [2.45, 2.75) is 17.4 Å². The number of halogens is 1. The summed E-state index contributed by atoms with van der Waals surface area (Å²) >= 11 is 7.36. The van der Waals surface area contributed by atoms with Crippen LogP contribution in [0.15, 0.2) is 29.2 Å². The van der Waals surface area contributed by atoms with Crippen LogP contribution in [0.25, 0.3) is 0 Å². The molecule has 1 rings (SSSR count). The number of carbonyl (C=O) groups excluding carboxylic acids is 2. The molecule has 24 heavy (non-hydrogen) atoms. The van der Waals surface area contributed by atoms with Gasteiger partial charge in [0.1, 0.15) is 10.9 Å². The van der Waals surface area contributed by atoms with Gasteiger partial charge in [-0.3, -0.25) is 4.79 Å². The third-order valence-corrected chi connectivity index (χ3v) is 5.53. The fraction of sp³-hybridized carbons (Fsp3) is 0.429. The van der Waals surface area contributed by atoms with Crippen LogP contribution in [0, 0.1) is 0 Å². The first-order valence-electron chi connectivity index (χ1n) is 6.92. The highest BCUT2D eigenvalue weighted by Gasteiger charge is 2.23. The third-order valence-electron chi connectivity index (χ3n) is 2.98. The Morgan fingerprint density at radius 3 is 2.58 bits per heavy atom. The molecule has 0 saturated carbocycles. The highest BCUT2D eigenvalue weighted by atomic mass is 35.5. The number of carbonyl (C=O) groups is 2. The molecule has 0 aliphatic heterocycles. The van der Waals surface area contributed by atoms with E-state index in [1.807, 2.05) is 6.26 Å². The average molecular weight is 395 g/mol. The van der Waals surface area contributed by atoms with E-state index in [9.17, 15) is 18.0 Å². The summed E-state index contributed by atoms with van der Waals surface area (Å²) in [5, 5.41) is 2.51. The summed E-state index contributed by atoms with van der Waals surface area (Å²) < 4.78 is 31.0. The van der Waals surface area contributed by atoms with Gasteiger partial charge in [-0.25, -0.2) is 17.9 Å². The van der Waals surface area contributed by atoms with E-state index in [4.69, 9.17) is 11.6 Å². The lowest BCUT2D eigenvalue weighted by atomic mass is 10.2. The summed E-state index contributed by atoms with van der Waals surface area (Å²) in [5.41, 5.74) is 0. The van der Waals surface area contributed by atoms with Crippen LogP contribution in [-0.4, -0.2) is 52.0 Å². The molecule has 1 aromatic rings. The van der Waals surface area contributed by atoms with Crippen LogP contribution in [0.3, 0.4) is 0 Å². The van der Waals surface area contributed by atoms with Crippen LogP contribution >= 0.6 is 23.4 Å². The van der Waals surface area contributed by atoms with Crippen molar-refractivity contribution in [3.05, 3.63) is 29.3 Å². The van der Waals surface area contributed by atoms with Gasteiger partial charge in [0, 0.05) is 0 Å². The largest absolute Gasteiger partial charge is 0.467 e. The second-order valence-electron chi connectivity index (χ2n) is 4.68. The Morgan fingerprint density at radius 2 is 2.00 bits per heavy atom. The normalized spacial score (nSPS) is 12.5. The fourth-order valence-corrected chi connectivity index (χ4v) is 3.74. The molecule has 0 spiro atoms. The van der Waals surface area contributed by atoms with Gasteiger partial charge in [-0.05, 0) is 30.6 Å². The van der Waals surface area contributed by atoms with Crippen LogP contribution < -0.4 is 10.0 Å². The van der Waals surface area contributed by atoms with Gasteiger partial charge in [0.25, 0.3) is 0 Å². The van der Waals surface area contributed by atoms with Gasteiger partial charge in [-0.2, -0.15) is 11.8 Å². The van der Waals surface area contributed by atoms with Gasteiger partial charge in [0.15, 0.2) is 0 Å². The molecule has 0 heterocycles. The van der Waals surface area contributed by atoms with Gasteiger partial charge in [-0.1, -0.05) is 23.7 Å². The summed E-state index contributed by atoms with van der Waals surface area (Å²) in [6.07, 6.45) is 2.25. The van der Waals surface area contributed by atoms with E-state index in [1.165, 1.54) is 37.1 Å². The SMILES string of the molecule is COC(=O)[C@H](CCSC)NC(=O)CNS(=O)(=O)c1ccccc1Cl. The number of nitrogens with one attached hydrogen (secondary N) is 2. The minimum atomic E-state index is -3.93. The zero-order chi connectivity index (χ0) is 18.2. The van der Waals surface area contributed by atoms with Crippen LogP contribution in [-0.2, 0) is 24.3 Å². The smallest absolute Gasteiger partial charge is 0.328 e. The number of hydrogen-bond donors (Lipinski definition) is 2. The van der Waals surface area contributed by atoms with E-state index < -0.39 is 34.5 Å². The molecule has 7 nitrogen and oxygen atoms in total. The minimum absolute atomic E-state index is 0.0535. The number of ether oxygens (including phenoxy) is 1. The molecule has 0 aliphatic carbocycles. The maximum Gasteiger partial charge on any atom is 0.328 e. The molecule has 1 aromatic carbocycles. The second-order valence-corrected chi connectivity index (χ2v) is 7.81. The van der Waals surface area contributed by atoms with Crippen molar-refractivity contribution in [2.75, 3.05) is 25.7 Å². The zero-order valence-electron chi connectivity index (χ0n) is 13.2. The van der Waals surface area contributed by atoms with Gasteiger partial charge in [-0.15, -0.1) is 0 Å². The fourth-order valence-electron chi connectivity index (χ4n) is 1.77. The van der Waals surface area contributed by atoms with Crippen molar-refractivity contribution < 1.29 is 22.7 Å². The number of hydrogen-bond acceptors (Lipinski definition) is 6. The molecule has 0 aliphatic rings. The molecule has 0 aromatic heterocycles.